The lowest BCUT2D eigenvalue weighted by Crippen LogP contribution is -2.35. The van der Waals surface area contributed by atoms with Crippen molar-refractivity contribution in [3.05, 3.63) is 95.4 Å². The number of H-pyrrole nitrogens is 4. The molecule has 10 aromatic rings. The molecule has 5 amide bonds. The summed E-state index contributed by atoms with van der Waals surface area (Å²) in [6, 6.07) is 2.50. The highest BCUT2D eigenvalue weighted by atomic mass is 127. The van der Waals surface area contributed by atoms with Crippen molar-refractivity contribution >= 4 is 248 Å². The third kappa shape index (κ3) is 27.7. The Hall–Kier alpha value is -6.93. The number of nitrogens with zero attached hydrogens (tertiary/aromatic N) is 13. The van der Waals surface area contributed by atoms with Crippen LogP contribution in [0.1, 0.15) is 268 Å². The fourth-order valence-electron chi connectivity index (χ4n) is 16.5. The van der Waals surface area contributed by atoms with Crippen LogP contribution in [0.25, 0.3) is 55.2 Å². The van der Waals surface area contributed by atoms with Gasteiger partial charge in [0.2, 0.25) is 59.3 Å². The number of fused-ring (bicyclic) bond motifs is 5. The average molecular weight is 2590 g/mol. The van der Waals surface area contributed by atoms with Gasteiger partial charge >= 0.3 is 0 Å². The molecule has 0 spiro atoms. The van der Waals surface area contributed by atoms with Gasteiger partial charge in [-0.15, -0.1) is 0 Å². The number of carbonyl (C=O) groups is 5. The summed E-state index contributed by atoms with van der Waals surface area (Å²) in [6.45, 7) is 48.0. The smallest absolute Gasteiger partial charge is 0.262 e. The first-order chi connectivity index (χ1) is 66.7. The van der Waals surface area contributed by atoms with Crippen molar-refractivity contribution in [2.45, 2.75) is 329 Å². The Morgan fingerprint density at radius 1 is 0.455 bits per heavy atom. The number of amides is 5. The second kappa shape index (κ2) is 47.9. The van der Waals surface area contributed by atoms with E-state index in [0.29, 0.717) is 96.2 Å². The highest BCUT2D eigenvalue weighted by Gasteiger charge is 2.44. The normalized spacial score (nSPS) is 22.8. The van der Waals surface area contributed by atoms with Crippen molar-refractivity contribution < 1.29 is 72.0 Å². The molecule has 0 aliphatic carbocycles. The number of carbonyl (C=O) groups excluding carboxylic acids is 5. The number of ether oxygens (including phenoxy) is 5. The molecule has 5 aliphatic rings. The lowest BCUT2D eigenvalue weighted by molar-refractivity contribution is -0.123. The minimum Gasteiger partial charge on any atom is -0.394 e. The van der Waals surface area contributed by atoms with Gasteiger partial charge in [-0.3, -0.25) is 89.7 Å². The number of hydrogen-bond acceptors (Lipinski definition) is 27. The number of aliphatic hydroxyl groups is 3. The molecular formula is C95H133ClI5N22O19P. The Labute approximate surface area is 903 Å². The number of nitrogens with one attached hydrogen (secondary N) is 9. The average Bonchev–Trinajstić information content (AvgIpc) is 1.73. The molecule has 0 bridgehead atoms. The summed E-state index contributed by atoms with van der Waals surface area (Å²) in [5.74, 6) is 0.430. The number of hydrogen-bond donors (Lipinski definition) is 12. The first-order valence-corrected chi connectivity index (χ1v) is 54.7. The van der Waals surface area contributed by atoms with Crippen LogP contribution in [0, 0.1) is 68.1 Å². The van der Waals surface area contributed by atoms with Gasteiger partial charge in [0, 0.05) is 107 Å². The fourth-order valence-corrected chi connectivity index (χ4v) is 22.6. The summed E-state index contributed by atoms with van der Waals surface area (Å²) in [4.78, 5) is 149. The van der Waals surface area contributed by atoms with Crippen molar-refractivity contribution in [3.8, 4) is 6.07 Å². The maximum absolute atomic E-state index is 13.0. The first kappa shape index (κ1) is 116. The van der Waals surface area contributed by atoms with Gasteiger partial charge < -0.3 is 70.9 Å². The summed E-state index contributed by atoms with van der Waals surface area (Å²) in [5, 5.41) is 54.8. The van der Waals surface area contributed by atoms with Gasteiger partial charge in [0.05, 0.1) is 95.4 Å². The number of aromatic nitrogens is 15. The molecule has 6 unspecified atom stereocenters. The van der Waals surface area contributed by atoms with Crippen LogP contribution >= 0.6 is 133 Å². The quantitative estimate of drug-likeness (QED) is 0.0122. The molecule has 784 valence electrons. The maximum Gasteiger partial charge on any atom is 0.262 e. The highest BCUT2D eigenvalue weighted by molar-refractivity contribution is 14.1. The van der Waals surface area contributed by atoms with Gasteiger partial charge in [0.25, 0.3) is 30.8 Å². The van der Waals surface area contributed by atoms with Gasteiger partial charge in [0.15, 0.2) is 22.6 Å². The van der Waals surface area contributed by atoms with Crippen molar-refractivity contribution in [1.29, 1.82) is 5.26 Å². The summed E-state index contributed by atoms with van der Waals surface area (Å²) in [5.41, 5.74) is -1.89. The lowest BCUT2D eigenvalue weighted by atomic mass is 9.96. The monoisotopic (exact) mass is 2590 g/mol. The number of aromatic amines is 4. The Morgan fingerprint density at radius 2 is 0.734 bits per heavy atom. The van der Waals surface area contributed by atoms with Crippen LogP contribution in [-0.4, -0.2) is 196 Å². The molecule has 5 fully saturated rings. The second-order valence-corrected chi connectivity index (χ2v) is 49.4. The molecule has 143 heavy (non-hydrogen) atoms. The second-order valence-electron chi connectivity index (χ2n) is 41.9. The zero-order chi connectivity index (χ0) is 106. The number of rotatable bonds is 23. The van der Waals surface area contributed by atoms with E-state index >= 15 is 0 Å². The SMILES string of the molecule is CC(C)(C)C(=O)Nc1nc2c(c(I)cn2[C@H]2CC(O)[C@@H](CO)O2)c(=O)[nH]1.CC[C@H]1O[C@@H](n2cc(I)c3c(=O)[nH]c(NC(=O)C(C)(C)C)nc32)CC1C.CC[C@H]1O[C@@H](n2cc(I)c3c(=O)[nH]c(NC(=O)C(C)(C)C)nc32)CC1O.CC[C@H]1O[C@@H](n2cc(I)c3c(=O)[nH]c(NC(=O)C(C)(C)C)nc32)CC1OP(OCCC#N)N(C(C)C)C(C)C.CC[C@H]1O[C@@H](n2cc(I)c3c(Cl)nc(NC(=O)C(C)(C)C)nc32)CC1C. The molecular weight excluding hydrogens is 2450 g/mol. The minimum atomic E-state index is -1.43. The molecule has 10 aromatic heterocycles. The van der Waals surface area contributed by atoms with E-state index < -0.39 is 72.6 Å². The first-order valence-electron chi connectivity index (χ1n) is 47.8. The van der Waals surface area contributed by atoms with E-state index in [9.17, 15) is 58.5 Å². The van der Waals surface area contributed by atoms with Crippen molar-refractivity contribution in [1.82, 2.24) is 77.3 Å². The molecule has 41 nitrogen and oxygen atoms in total. The van der Waals surface area contributed by atoms with Crippen LogP contribution in [0.2, 0.25) is 5.15 Å². The largest absolute Gasteiger partial charge is 0.394 e. The van der Waals surface area contributed by atoms with E-state index in [-0.39, 0.29) is 156 Å². The van der Waals surface area contributed by atoms with E-state index in [1.165, 1.54) is 0 Å². The van der Waals surface area contributed by atoms with Gasteiger partial charge in [0.1, 0.15) is 48.0 Å². The Bertz CT molecular complexity index is 6230. The van der Waals surface area contributed by atoms with Crippen LogP contribution in [0.4, 0.5) is 29.7 Å². The summed E-state index contributed by atoms with van der Waals surface area (Å²) >= 11 is 17.0. The van der Waals surface area contributed by atoms with E-state index in [1.54, 1.807) is 83.8 Å². The van der Waals surface area contributed by atoms with E-state index in [1.807, 2.05) is 110 Å². The van der Waals surface area contributed by atoms with Gasteiger partial charge in [-0.05, 0) is 191 Å². The molecule has 5 aliphatic heterocycles. The van der Waals surface area contributed by atoms with Crippen LogP contribution in [0.5, 0.6) is 0 Å². The summed E-state index contributed by atoms with van der Waals surface area (Å²) < 4.78 is 58.5. The predicted octanol–water partition coefficient (Wildman–Crippen LogP) is 17.7. The molecule has 16 atom stereocenters. The lowest BCUT2D eigenvalue weighted by Gasteiger charge is -2.37. The number of halogens is 6. The third-order valence-corrected chi connectivity index (χ3v) is 31.1. The standard InChI is InChI=1S/C26H40IN6O5P.C18H24ClIN4O2.C18H25IN4O3.C17H23IN4O4.C16H21IN4O5/c1-9-18-19(38-39(36-12-10-11-28)33(15(2)3)16(4)5)13-20(37-18)32-14-17(27)21-22(32)29-25(30-23(21)34)31-24(35)26(6,7)8;1-6-11-9(2)7-12(26-11)24-8-10(20)13-14(19)21-17(22-15(13)24)23-16(25)18(3,4)5;1-6-11-9(2)7-12(26-11)23-8-10(19)13-14(23)20-17(21-15(13)24)22-16(25)18(3,4)5;1-5-10-9(23)6-11(26-10)22-7-8(18)12-13(22)19-16(20-14(12)24)21-15(25)17(2,3)4;1-16(2,3)14(25)20-15-18-12-11(13(24)19-15)7(17)5-21(12)10-4-8(23)9(6-22)26-10/h14-16,18-20H,9-10,12-13H2,1-8H3,(H2,29,30,31,34,35);8-9,11-12H,6-7H2,1-5H3,(H,21,22,23,25);8-9,11-12H,6-7H2,1-5H3,(H2,20,21,22,24,25);7,9-11,23H,5-6H2,1-4H3,(H2,19,20,21,24,25);5,8-10,22-23H,4,6H2,1-3H3,(H2,18,19,20,24,25)/t18-,19?,20-,39?;2*9?,11-,12-;9?,10-,11-;8?,9-,10-/m11111/s1. The molecule has 0 saturated carbocycles. The molecule has 15 heterocycles. The van der Waals surface area contributed by atoms with Crippen LogP contribution < -0.4 is 48.8 Å². The van der Waals surface area contributed by atoms with Crippen molar-refractivity contribution in [2.24, 2.45) is 38.9 Å². The van der Waals surface area contributed by atoms with Crippen molar-refractivity contribution in [2.75, 3.05) is 39.8 Å². The highest BCUT2D eigenvalue weighted by Crippen LogP contribution is 2.52. The Morgan fingerprint density at radius 3 is 1.02 bits per heavy atom. The molecule has 0 radical (unpaired) electrons. The molecule has 0 aromatic carbocycles. The van der Waals surface area contributed by atoms with Crippen LogP contribution in [0.3, 0.4) is 0 Å². The van der Waals surface area contributed by atoms with E-state index in [4.69, 9.17) is 49.6 Å². The zero-order valence-corrected chi connectivity index (χ0v) is 97.5. The fraction of sp³-hybridized carbons (Fsp3) is 0.621. The Kier molecular flexibility index (Phi) is 39.0. The minimum absolute atomic E-state index is 0.0513. The van der Waals surface area contributed by atoms with E-state index in [2.05, 4.69) is 233 Å². The van der Waals surface area contributed by atoms with Crippen LogP contribution in [0.15, 0.2) is 50.2 Å². The van der Waals surface area contributed by atoms with Gasteiger partial charge in [-0.1, -0.05) is 157 Å². The predicted molar refractivity (Wildman–Crippen MR) is 589 cm³/mol. The van der Waals surface area contributed by atoms with Crippen molar-refractivity contribution in [3.63, 3.8) is 0 Å². The number of nitriles is 1. The maximum atomic E-state index is 13.0. The van der Waals surface area contributed by atoms with Gasteiger partial charge in [-0.2, -0.15) is 35.2 Å². The summed E-state index contributed by atoms with van der Waals surface area (Å²) in [7, 11) is -1.43. The summed E-state index contributed by atoms with van der Waals surface area (Å²) in [6.07, 6.45) is 12.0. The molecule has 15 rings (SSSR count). The van der Waals surface area contributed by atoms with Crippen LogP contribution in [-0.2, 0) is 56.7 Å². The number of anilines is 5. The van der Waals surface area contributed by atoms with E-state index in [0.717, 1.165) is 51.8 Å². The molecule has 48 heteroatoms. The Balaban J connectivity index is 0.000000172. The van der Waals surface area contributed by atoms with Gasteiger partial charge in [-0.25, -0.2) is 4.67 Å². The zero-order valence-electron chi connectivity index (χ0n) is 85.1. The molecule has 12 N–H and O–H groups in total. The third-order valence-electron chi connectivity index (χ3n) is 24.6. The molecule has 5 saturated heterocycles. The number of aliphatic hydroxyl groups excluding tert-OH is 3. The topological polar surface area (TPSA) is 531 Å².